The number of hydrogen-bond acceptors (Lipinski definition) is 6. The standard InChI is InChI=1S/C13H19N3O2S3/c1-4-14-6-11-5-12(10(3)20-11)21(17,18)15-7-13-16-9(2)8-19-13/h5,8,14-15H,4,6-7H2,1-3H3. The molecule has 21 heavy (non-hydrogen) atoms. The summed E-state index contributed by atoms with van der Waals surface area (Å²) in [5.74, 6) is 0. The van der Waals surface area contributed by atoms with Crippen LogP contribution in [-0.2, 0) is 23.1 Å². The predicted octanol–water partition coefficient (Wildman–Crippen LogP) is 2.41. The molecule has 2 N–H and O–H groups in total. The second kappa shape index (κ2) is 6.97. The highest BCUT2D eigenvalue weighted by Gasteiger charge is 2.20. The van der Waals surface area contributed by atoms with Crippen molar-refractivity contribution in [2.75, 3.05) is 6.54 Å². The van der Waals surface area contributed by atoms with Crippen LogP contribution in [0.25, 0.3) is 0 Å². The Morgan fingerprint density at radius 1 is 1.29 bits per heavy atom. The summed E-state index contributed by atoms with van der Waals surface area (Å²) in [6.07, 6.45) is 0. The fourth-order valence-corrected chi connectivity index (χ4v) is 5.24. The van der Waals surface area contributed by atoms with Crippen molar-refractivity contribution in [1.29, 1.82) is 0 Å². The average Bonchev–Trinajstić information content (AvgIpc) is 3.00. The van der Waals surface area contributed by atoms with Crippen LogP contribution in [0.15, 0.2) is 16.3 Å². The molecule has 0 unspecified atom stereocenters. The minimum absolute atomic E-state index is 0.235. The molecule has 0 fully saturated rings. The van der Waals surface area contributed by atoms with E-state index in [0.717, 1.165) is 27.0 Å². The smallest absolute Gasteiger partial charge is 0.242 e. The summed E-state index contributed by atoms with van der Waals surface area (Å²) in [5.41, 5.74) is 0.911. The lowest BCUT2D eigenvalue weighted by Crippen LogP contribution is -2.23. The molecule has 0 radical (unpaired) electrons. The molecule has 8 heteroatoms. The quantitative estimate of drug-likeness (QED) is 0.808. The molecule has 2 heterocycles. The second-order valence-corrected chi connectivity index (χ2v) is 8.64. The van der Waals surface area contributed by atoms with Crippen molar-refractivity contribution >= 4 is 32.7 Å². The molecule has 0 saturated carbocycles. The van der Waals surface area contributed by atoms with Crippen LogP contribution < -0.4 is 10.0 Å². The van der Waals surface area contributed by atoms with Gasteiger partial charge in [0.1, 0.15) is 5.01 Å². The summed E-state index contributed by atoms with van der Waals surface area (Å²) in [6.45, 7) is 7.55. The highest BCUT2D eigenvalue weighted by molar-refractivity contribution is 7.89. The number of sulfonamides is 1. The monoisotopic (exact) mass is 345 g/mol. The topological polar surface area (TPSA) is 71.1 Å². The summed E-state index contributed by atoms with van der Waals surface area (Å²) < 4.78 is 27.4. The number of nitrogens with zero attached hydrogens (tertiary/aromatic N) is 1. The van der Waals surface area contributed by atoms with Crippen LogP contribution in [0, 0.1) is 13.8 Å². The third-order valence-corrected chi connectivity index (χ3v) is 6.52. The van der Waals surface area contributed by atoms with E-state index in [9.17, 15) is 8.42 Å². The first-order chi connectivity index (χ1) is 9.92. The zero-order valence-electron chi connectivity index (χ0n) is 12.3. The second-order valence-electron chi connectivity index (χ2n) is 4.62. The molecular weight excluding hydrogens is 326 g/mol. The fraction of sp³-hybridized carbons (Fsp3) is 0.462. The molecule has 2 aromatic rings. The van der Waals surface area contributed by atoms with Crippen LogP contribution in [0.3, 0.4) is 0 Å². The van der Waals surface area contributed by atoms with Gasteiger partial charge in [-0.25, -0.2) is 18.1 Å². The van der Waals surface area contributed by atoms with Crippen LogP contribution in [0.1, 0.15) is 27.4 Å². The minimum Gasteiger partial charge on any atom is -0.312 e. The first-order valence-corrected chi connectivity index (χ1v) is 9.81. The van der Waals surface area contributed by atoms with Crippen molar-refractivity contribution in [2.24, 2.45) is 0 Å². The van der Waals surface area contributed by atoms with E-state index in [1.54, 1.807) is 6.07 Å². The molecule has 116 valence electrons. The number of rotatable bonds is 7. The van der Waals surface area contributed by atoms with Crippen molar-refractivity contribution in [1.82, 2.24) is 15.0 Å². The largest absolute Gasteiger partial charge is 0.312 e. The van der Waals surface area contributed by atoms with Gasteiger partial charge in [-0.05, 0) is 26.5 Å². The van der Waals surface area contributed by atoms with Gasteiger partial charge in [-0.3, -0.25) is 0 Å². The van der Waals surface area contributed by atoms with Crippen molar-refractivity contribution < 1.29 is 8.42 Å². The van der Waals surface area contributed by atoms with E-state index in [4.69, 9.17) is 0 Å². The van der Waals surface area contributed by atoms with Gasteiger partial charge in [0, 0.05) is 27.4 Å². The molecule has 0 aliphatic heterocycles. The fourth-order valence-electron chi connectivity index (χ4n) is 1.84. The van der Waals surface area contributed by atoms with Crippen LogP contribution in [-0.4, -0.2) is 19.9 Å². The molecule has 0 amide bonds. The van der Waals surface area contributed by atoms with Crippen LogP contribution >= 0.6 is 22.7 Å². The molecule has 0 atom stereocenters. The Bertz CT molecular complexity index is 704. The maximum atomic E-state index is 12.4. The van der Waals surface area contributed by atoms with Gasteiger partial charge >= 0.3 is 0 Å². The van der Waals surface area contributed by atoms with Gasteiger partial charge in [-0.15, -0.1) is 22.7 Å². The van der Waals surface area contributed by atoms with Gasteiger partial charge in [0.15, 0.2) is 0 Å². The summed E-state index contributed by atoms with van der Waals surface area (Å²) >= 11 is 2.97. The lowest BCUT2D eigenvalue weighted by Gasteiger charge is -2.04. The van der Waals surface area contributed by atoms with E-state index in [-0.39, 0.29) is 6.54 Å². The van der Waals surface area contributed by atoms with Gasteiger partial charge in [0.25, 0.3) is 0 Å². The predicted molar refractivity (Wildman–Crippen MR) is 87.3 cm³/mol. The van der Waals surface area contributed by atoms with Gasteiger partial charge in [0.2, 0.25) is 10.0 Å². The Labute approximate surface area is 133 Å². The molecular formula is C13H19N3O2S3. The highest BCUT2D eigenvalue weighted by atomic mass is 32.2. The van der Waals surface area contributed by atoms with Crippen molar-refractivity contribution in [3.63, 3.8) is 0 Å². The first kappa shape index (κ1) is 16.6. The Morgan fingerprint density at radius 3 is 2.67 bits per heavy atom. The lowest BCUT2D eigenvalue weighted by atomic mass is 10.4. The van der Waals surface area contributed by atoms with E-state index in [0.29, 0.717) is 11.4 Å². The minimum atomic E-state index is -3.48. The molecule has 0 spiro atoms. The van der Waals surface area contributed by atoms with Gasteiger partial charge in [0.05, 0.1) is 11.4 Å². The molecule has 0 aliphatic rings. The normalized spacial score (nSPS) is 12.0. The third-order valence-electron chi connectivity index (χ3n) is 2.84. The summed E-state index contributed by atoms with van der Waals surface area (Å²) in [4.78, 5) is 6.47. The first-order valence-electron chi connectivity index (χ1n) is 6.63. The molecule has 0 saturated heterocycles. The number of nitrogens with one attached hydrogen (secondary N) is 2. The van der Waals surface area contributed by atoms with Gasteiger partial charge in [-0.1, -0.05) is 6.92 Å². The lowest BCUT2D eigenvalue weighted by molar-refractivity contribution is 0.581. The Hall–Kier alpha value is -0.800. The Kier molecular flexibility index (Phi) is 5.50. The van der Waals surface area contributed by atoms with Crippen molar-refractivity contribution in [3.8, 4) is 0 Å². The van der Waals surface area contributed by atoms with Crippen molar-refractivity contribution in [3.05, 3.63) is 31.9 Å². The van der Waals surface area contributed by atoms with Gasteiger partial charge < -0.3 is 5.32 Å². The average molecular weight is 346 g/mol. The third kappa shape index (κ3) is 4.33. The Balaban J connectivity index is 2.09. The SMILES string of the molecule is CCNCc1cc(S(=O)(=O)NCc2nc(C)cs2)c(C)s1. The zero-order chi connectivity index (χ0) is 15.5. The van der Waals surface area contributed by atoms with Crippen LogP contribution in [0.4, 0.5) is 0 Å². The van der Waals surface area contributed by atoms with E-state index < -0.39 is 10.0 Å². The van der Waals surface area contributed by atoms with E-state index >= 15 is 0 Å². The summed E-state index contributed by atoms with van der Waals surface area (Å²) in [7, 11) is -3.48. The maximum Gasteiger partial charge on any atom is 0.242 e. The molecule has 2 aromatic heterocycles. The van der Waals surface area contributed by atoms with Crippen LogP contribution in [0.2, 0.25) is 0 Å². The summed E-state index contributed by atoms with van der Waals surface area (Å²) in [6, 6.07) is 1.75. The molecule has 0 aromatic carbocycles. The molecule has 0 aliphatic carbocycles. The van der Waals surface area contributed by atoms with Crippen LogP contribution in [0.5, 0.6) is 0 Å². The molecule has 2 rings (SSSR count). The maximum absolute atomic E-state index is 12.4. The number of thiophene rings is 1. The number of aromatic nitrogens is 1. The van der Waals surface area contributed by atoms with E-state index in [1.807, 2.05) is 26.2 Å². The summed E-state index contributed by atoms with van der Waals surface area (Å²) in [5, 5.41) is 5.89. The number of thiazole rings is 1. The van der Waals surface area contributed by atoms with E-state index in [2.05, 4.69) is 15.0 Å². The molecule has 0 bridgehead atoms. The van der Waals surface area contributed by atoms with Gasteiger partial charge in [-0.2, -0.15) is 0 Å². The highest BCUT2D eigenvalue weighted by Crippen LogP contribution is 2.25. The molecule has 5 nitrogen and oxygen atoms in total. The Morgan fingerprint density at radius 2 is 2.05 bits per heavy atom. The van der Waals surface area contributed by atoms with E-state index in [1.165, 1.54) is 22.7 Å². The zero-order valence-corrected chi connectivity index (χ0v) is 14.7. The number of hydrogen-bond donors (Lipinski definition) is 2. The van der Waals surface area contributed by atoms with Crippen molar-refractivity contribution in [2.45, 2.75) is 38.8 Å². The number of aryl methyl sites for hydroxylation is 2.